The second-order valence-electron chi connectivity index (χ2n) is 6.34. The van der Waals surface area contributed by atoms with Crippen LogP contribution >= 0.6 is 11.3 Å². The number of hydrogen-bond acceptors (Lipinski definition) is 4. The molecule has 5 heteroatoms. The summed E-state index contributed by atoms with van der Waals surface area (Å²) in [6.07, 6.45) is 6.73. The molecular formula is C21H21N3OS. The van der Waals surface area contributed by atoms with Crippen LogP contribution in [-0.4, -0.2) is 9.55 Å². The highest BCUT2D eigenvalue weighted by Crippen LogP contribution is 2.30. The van der Waals surface area contributed by atoms with Crippen molar-refractivity contribution in [2.75, 3.05) is 5.73 Å². The number of nitrogens with zero attached hydrogens (tertiary/aromatic N) is 2. The molecule has 0 spiro atoms. The van der Waals surface area contributed by atoms with Gasteiger partial charge in [0.15, 0.2) is 0 Å². The van der Waals surface area contributed by atoms with Gasteiger partial charge in [0.2, 0.25) is 5.95 Å². The van der Waals surface area contributed by atoms with Crippen LogP contribution in [-0.2, 0) is 13.5 Å². The summed E-state index contributed by atoms with van der Waals surface area (Å²) in [4.78, 5) is 18.8. The van der Waals surface area contributed by atoms with Gasteiger partial charge < -0.3 is 5.73 Å². The number of nitrogens with two attached hydrogens (primary N) is 1. The van der Waals surface area contributed by atoms with Crippen LogP contribution in [0.4, 0.5) is 5.95 Å². The summed E-state index contributed by atoms with van der Waals surface area (Å²) in [5, 5.41) is 0. The second kappa shape index (κ2) is 7.59. The maximum Gasteiger partial charge on any atom is 0.254 e. The summed E-state index contributed by atoms with van der Waals surface area (Å²) in [5.74, 6) is 3.05. The summed E-state index contributed by atoms with van der Waals surface area (Å²) < 4.78 is 1.33. The first-order valence-electron chi connectivity index (χ1n) is 8.40. The largest absolute Gasteiger partial charge is 0.369 e. The molecule has 26 heavy (non-hydrogen) atoms. The highest BCUT2D eigenvalue weighted by atomic mass is 32.1. The number of benzene rings is 1. The van der Waals surface area contributed by atoms with Gasteiger partial charge in [0.1, 0.15) is 0 Å². The van der Waals surface area contributed by atoms with E-state index in [9.17, 15) is 4.79 Å². The summed E-state index contributed by atoms with van der Waals surface area (Å²) in [6.45, 7) is 2.11. The van der Waals surface area contributed by atoms with E-state index in [0.29, 0.717) is 18.5 Å². The minimum absolute atomic E-state index is 0.0955. The Morgan fingerprint density at radius 2 is 2.00 bits per heavy atom. The summed E-state index contributed by atoms with van der Waals surface area (Å²) in [7, 11) is 1.61. The summed E-state index contributed by atoms with van der Waals surface area (Å²) in [5.41, 5.74) is 8.66. The van der Waals surface area contributed by atoms with E-state index in [-0.39, 0.29) is 17.4 Å². The van der Waals surface area contributed by atoms with E-state index >= 15 is 0 Å². The lowest BCUT2D eigenvalue weighted by molar-refractivity contribution is 0.683. The average Bonchev–Trinajstić information content (AvgIpc) is 3.06. The molecular weight excluding hydrogens is 342 g/mol. The monoisotopic (exact) mass is 363 g/mol. The van der Waals surface area contributed by atoms with Crippen LogP contribution in [0.25, 0.3) is 10.4 Å². The Balaban J connectivity index is 1.86. The maximum atomic E-state index is 11.9. The Morgan fingerprint density at radius 3 is 2.58 bits per heavy atom. The Hall–Kier alpha value is -2.84. The van der Waals surface area contributed by atoms with Crippen LogP contribution in [0.15, 0.2) is 47.3 Å². The van der Waals surface area contributed by atoms with Gasteiger partial charge in [-0.2, -0.15) is 0 Å². The molecule has 4 nitrogen and oxygen atoms in total. The Morgan fingerprint density at radius 1 is 1.27 bits per heavy atom. The lowest BCUT2D eigenvalue weighted by Crippen LogP contribution is -2.22. The molecule has 132 valence electrons. The second-order valence-corrected chi connectivity index (χ2v) is 7.63. The molecule has 1 atom stereocenters. The molecule has 0 saturated heterocycles. The van der Waals surface area contributed by atoms with E-state index < -0.39 is 0 Å². The summed E-state index contributed by atoms with van der Waals surface area (Å²) >= 11 is 1.78. The number of nitrogen functional groups attached to an aromatic ring is 1. The van der Waals surface area contributed by atoms with Gasteiger partial charge in [0.05, 0.1) is 5.69 Å². The molecule has 0 bridgehead atoms. The van der Waals surface area contributed by atoms with Gasteiger partial charge in [0.25, 0.3) is 5.56 Å². The van der Waals surface area contributed by atoms with Crippen LogP contribution in [0.1, 0.15) is 28.5 Å². The quantitative estimate of drug-likeness (QED) is 0.702. The van der Waals surface area contributed by atoms with E-state index in [1.807, 2.05) is 0 Å². The number of aryl methyl sites for hydroxylation is 1. The first-order chi connectivity index (χ1) is 12.5. The van der Waals surface area contributed by atoms with Gasteiger partial charge in [0, 0.05) is 35.2 Å². The highest BCUT2D eigenvalue weighted by Gasteiger charge is 2.14. The molecule has 3 aromatic rings. The van der Waals surface area contributed by atoms with Gasteiger partial charge in [-0.1, -0.05) is 24.3 Å². The Labute approximate surface area is 157 Å². The minimum atomic E-state index is -0.157. The van der Waals surface area contributed by atoms with Crippen LogP contribution in [0.2, 0.25) is 0 Å². The van der Waals surface area contributed by atoms with Crippen molar-refractivity contribution in [1.82, 2.24) is 9.55 Å². The Bertz CT molecular complexity index is 1010. The number of rotatable bonds is 5. The molecule has 2 N–H and O–H groups in total. The molecule has 0 unspecified atom stereocenters. The van der Waals surface area contributed by atoms with Gasteiger partial charge >= 0.3 is 0 Å². The van der Waals surface area contributed by atoms with E-state index in [4.69, 9.17) is 12.2 Å². The van der Waals surface area contributed by atoms with Gasteiger partial charge in [-0.05, 0) is 36.6 Å². The number of terminal acetylenes is 1. The van der Waals surface area contributed by atoms with Gasteiger partial charge in [-0.15, -0.1) is 23.7 Å². The lowest BCUT2D eigenvalue weighted by Gasteiger charge is -2.15. The molecule has 1 aromatic carbocycles. The average molecular weight is 363 g/mol. The lowest BCUT2D eigenvalue weighted by atomic mass is 9.90. The van der Waals surface area contributed by atoms with E-state index in [0.717, 1.165) is 5.56 Å². The van der Waals surface area contributed by atoms with Crippen LogP contribution in [0.3, 0.4) is 0 Å². The smallest absolute Gasteiger partial charge is 0.254 e. The minimum Gasteiger partial charge on any atom is -0.369 e. The fraction of sp³-hybridized carbons (Fsp3) is 0.238. The first kappa shape index (κ1) is 18.0. The van der Waals surface area contributed by atoms with E-state index in [1.54, 1.807) is 18.4 Å². The zero-order chi connectivity index (χ0) is 18.7. The van der Waals surface area contributed by atoms with Crippen molar-refractivity contribution in [3.63, 3.8) is 0 Å². The number of aromatic nitrogens is 2. The molecule has 0 aliphatic carbocycles. The van der Waals surface area contributed by atoms with Crippen molar-refractivity contribution < 1.29 is 0 Å². The molecule has 0 saturated carbocycles. The van der Waals surface area contributed by atoms with Crippen LogP contribution in [0, 0.1) is 19.3 Å². The van der Waals surface area contributed by atoms with Gasteiger partial charge in [-0.25, -0.2) is 4.98 Å². The maximum absolute atomic E-state index is 11.9. The topological polar surface area (TPSA) is 60.9 Å². The molecule has 2 heterocycles. The van der Waals surface area contributed by atoms with Crippen molar-refractivity contribution >= 4 is 17.3 Å². The van der Waals surface area contributed by atoms with Crippen molar-refractivity contribution in [3.8, 4) is 22.8 Å². The number of hydrogen-bond donors (Lipinski definition) is 1. The molecule has 0 fully saturated rings. The fourth-order valence-electron chi connectivity index (χ4n) is 2.92. The Kier molecular flexibility index (Phi) is 5.24. The van der Waals surface area contributed by atoms with Crippen molar-refractivity contribution in [2.45, 2.75) is 25.7 Å². The number of thiophene rings is 1. The third kappa shape index (κ3) is 3.87. The van der Waals surface area contributed by atoms with Crippen molar-refractivity contribution in [2.24, 2.45) is 7.05 Å². The first-order valence-corrected chi connectivity index (χ1v) is 9.22. The van der Waals surface area contributed by atoms with Crippen LogP contribution in [0.5, 0.6) is 0 Å². The standard InChI is InChI=1S/C21H21N3OS/c1-4-5-17(12-18-13-20(25)24(3)21(22)23-18)15-7-9-16(10-8-15)19-11-6-14(2)26-19/h1,6-11,13,17H,5,12H2,2-3H3,(H2,22,23)/t17-/m1/s1. The zero-order valence-electron chi connectivity index (χ0n) is 14.9. The molecule has 2 aromatic heterocycles. The summed E-state index contributed by atoms with van der Waals surface area (Å²) in [6, 6.07) is 14.3. The van der Waals surface area contributed by atoms with E-state index in [1.165, 1.54) is 26.0 Å². The fourth-order valence-corrected chi connectivity index (χ4v) is 3.80. The molecule has 0 radical (unpaired) electrons. The molecule has 3 rings (SSSR count). The third-order valence-electron chi connectivity index (χ3n) is 4.45. The normalized spacial score (nSPS) is 11.9. The zero-order valence-corrected chi connectivity index (χ0v) is 15.7. The van der Waals surface area contributed by atoms with Crippen molar-refractivity contribution in [1.29, 1.82) is 0 Å². The van der Waals surface area contributed by atoms with Crippen molar-refractivity contribution in [3.05, 3.63) is 69.0 Å². The third-order valence-corrected chi connectivity index (χ3v) is 5.50. The molecule has 0 aliphatic heterocycles. The molecule has 0 amide bonds. The molecule has 0 aliphatic rings. The highest BCUT2D eigenvalue weighted by molar-refractivity contribution is 7.15. The predicted molar refractivity (Wildman–Crippen MR) is 108 cm³/mol. The van der Waals surface area contributed by atoms with Crippen LogP contribution < -0.4 is 11.3 Å². The number of anilines is 1. The van der Waals surface area contributed by atoms with E-state index in [2.05, 4.69) is 54.2 Å². The predicted octanol–water partition coefficient (Wildman–Crippen LogP) is 3.75. The SMILES string of the molecule is C#CC[C@H](Cc1cc(=O)n(C)c(N)n1)c1ccc(-c2ccc(C)s2)cc1. The van der Waals surface area contributed by atoms with Gasteiger partial charge in [-0.3, -0.25) is 9.36 Å².